The van der Waals surface area contributed by atoms with Crippen LogP contribution in [0.4, 0.5) is 5.69 Å². The van der Waals surface area contributed by atoms with Crippen LogP contribution < -0.4 is 0 Å². The van der Waals surface area contributed by atoms with Gasteiger partial charge in [-0.2, -0.15) is 5.26 Å². The number of aromatic nitrogens is 1. The van der Waals surface area contributed by atoms with Gasteiger partial charge in [0.2, 0.25) is 5.91 Å². The molecule has 0 aliphatic rings. The molecule has 0 bridgehead atoms. The normalized spacial score (nSPS) is 11.3. The average Bonchev–Trinajstić information content (AvgIpc) is 2.75. The minimum Gasteiger partial charge on any atom is -0.286 e. The number of non-ortho nitro benzene ring substituents is 1. The summed E-state index contributed by atoms with van der Waals surface area (Å²) in [6.45, 7) is 5.34. The van der Waals surface area contributed by atoms with Gasteiger partial charge in [-0.1, -0.05) is 20.8 Å². The summed E-state index contributed by atoms with van der Waals surface area (Å²) in [5.74, 6) is -0.169. The second kappa shape index (κ2) is 5.02. The van der Waals surface area contributed by atoms with Crippen molar-refractivity contribution >= 4 is 22.5 Å². The first-order valence-corrected chi connectivity index (χ1v) is 6.46. The van der Waals surface area contributed by atoms with Crippen LogP contribution in [-0.2, 0) is 6.42 Å². The number of nitro benzene ring substituents is 1. The molecule has 0 saturated carbocycles. The Morgan fingerprint density at radius 1 is 1.43 bits per heavy atom. The van der Waals surface area contributed by atoms with Gasteiger partial charge in [0.15, 0.2) is 0 Å². The van der Waals surface area contributed by atoms with Crippen LogP contribution >= 0.6 is 0 Å². The highest BCUT2D eigenvalue weighted by atomic mass is 16.6. The lowest BCUT2D eigenvalue weighted by atomic mass is 9.95. The molecule has 1 aromatic carbocycles. The molecule has 0 aliphatic carbocycles. The van der Waals surface area contributed by atoms with Gasteiger partial charge in [-0.15, -0.1) is 0 Å². The molecule has 21 heavy (non-hydrogen) atoms. The van der Waals surface area contributed by atoms with Crippen molar-refractivity contribution in [3.05, 3.63) is 40.1 Å². The van der Waals surface area contributed by atoms with Gasteiger partial charge in [0.25, 0.3) is 5.69 Å². The molecule has 0 unspecified atom stereocenters. The number of carbonyl (C=O) groups excluding carboxylic acids is 1. The Balaban J connectivity index is 2.74. The van der Waals surface area contributed by atoms with Gasteiger partial charge in [0.1, 0.15) is 0 Å². The first-order valence-electron chi connectivity index (χ1n) is 6.46. The second-order valence-electron chi connectivity index (χ2n) is 5.87. The van der Waals surface area contributed by atoms with E-state index in [-0.39, 0.29) is 18.0 Å². The molecule has 0 atom stereocenters. The zero-order valence-corrected chi connectivity index (χ0v) is 12.1. The molecular weight excluding hydrogens is 270 g/mol. The van der Waals surface area contributed by atoms with Gasteiger partial charge < -0.3 is 0 Å². The lowest BCUT2D eigenvalue weighted by Gasteiger charge is -2.17. The third-order valence-corrected chi connectivity index (χ3v) is 3.21. The largest absolute Gasteiger partial charge is 0.286 e. The zero-order chi connectivity index (χ0) is 15.8. The van der Waals surface area contributed by atoms with Gasteiger partial charge in [0, 0.05) is 29.1 Å². The van der Waals surface area contributed by atoms with E-state index >= 15 is 0 Å². The van der Waals surface area contributed by atoms with Crippen LogP contribution in [0.1, 0.15) is 31.1 Å². The van der Waals surface area contributed by atoms with E-state index in [0.29, 0.717) is 16.5 Å². The van der Waals surface area contributed by atoms with Crippen molar-refractivity contribution in [1.29, 1.82) is 5.26 Å². The molecule has 6 heteroatoms. The highest BCUT2D eigenvalue weighted by Gasteiger charge is 2.26. The van der Waals surface area contributed by atoms with Crippen LogP contribution in [0.3, 0.4) is 0 Å². The average molecular weight is 285 g/mol. The Morgan fingerprint density at radius 2 is 2.10 bits per heavy atom. The van der Waals surface area contributed by atoms with Crippen LogP contribution in [0.25, 0.3) is 10.9 Å². The Hall–Kier alpha value is -2.68. The predicted octanol–water partition coefficient (Wildman–Crippen LogP) is 3.30. The van der Waals surface area contributed by atoms with Crippen LogP contribution in [0.15, 0.2) is 24.4 Å². The van der Waals surface area contributed by atoms with Crippen molar-refractivity contribution in [3.8, 4) is 6.07 Å². The standard InChI is InChI=1S/C15H15N3O3/c1-15(2,3)14(19)17-9-10(6-7-16)12-5-4-11(18(20)21)8-13(12)17/h4-5,8-9H,6H2,1-3H3. The molecule has 2 aromatic rings. The SMILES string of the molecule is CC(C)(C)C(=O)n1cc(CC#N)c2ccc([N+](=O)[O-])cc21. The van der Waals surface area contributed by atoms with E-state index in [1.807, 2.05) is 6.07 Å². The zero-order valence-electron chi connectivity index (χ0n) is 12.1. The topological polar surface area (TPSA) is 88.9 Å². The van der Waals surface area contributed by atoms with Crippen molar-refractivity contribution < 1.29 is 9.72 Å². The van der Waals surface area contributed by atoms with E-state index in [0.717, 1.165) is 0 Å². The molecule has 108 valence electrons. The summed E-state index contributed by atoms with van der Waals surface area (Å²) in [7, 11) is 0. The lowest BCUT2D eigenvalue weighted by Crippen LogP contribution is -2.26. The summed E-state index contributed by atoms with van der Waals surface area (Å²) < 4.78 is 1.41. The minimum absolute atomic E-state index is 0.0768. The number of rotatable bonds is 2. The van der Waals surface area contributed by atoms with Crippen molar-refractivity contribution in [1.82, 2.24) is 4.57 Å². The number of nitro groups is 1. The fourth-order valence-electron chi connectivity index (χ4n) is 2.15. The highest BCUT2D eigenvalue weighted by Crippen LogP contribution is 2.29. The molecule has 0 fully saturated rings. The summed E-state index contributed by atoms with van der Waals surface area (Å²) in [4.78, 5) is 22.9. The fourth-order valence-corrected chi connectivity index (χ4v) is 2.15. The number of benzene rings is 1. The van der Waals surface area contributed by atoms with Gasteiger partial charge in [0.05, 0.1) is 22.9 Å². The molecular formula is C15H15N3O3. The summed E-state index contributed by atoms with van der Waals surface area (Å²) in [6.07, 6.45) is 1.75. The number of carbonyl (C=O) groups is 1. The van der Waals surface area contributed by atoms with Crippen molar-refractivity contribution in [2.45, 2.75) is 27.2 Å². The Kier molecular flexibility index (Phi) is 3.52. The van der Waals surface area contributed by atoms with Crippen LogP contribution in [0, 0.1) is 26.9 Å². The summed E-state index contributed by atoms with van der Waals surface area (Å²) in [5.41, 5.74) is 0.460. The Morgan fingerprint density at radius 3 is 2.62 bits per heavy atom. The van der Waals surface area contributed by atoms with E-state index < -0.39 is 10.3 Å². The lowest BCUT2D eigenvalue weighted by molar-refractivity contribution is -0.384. The molecule has 1 aromatic heterocycles. The maximum Gasteiger partial charge on any atom is 0.271 e. The number of hydrogen-bond donors (Lipinski definition) is 0. The molecule has 1 heterocycles. The molecule has 0 radical (unpaired) electrons. The third kappa shape index (κ3) is 2.63. The smallest absolute Gasteiger partial charge is 0.271 e. The van der Waals surface area contributed by atoms with Gasteiger partial charge in [-0.25, -0.2) is 0 Å². The van der Waals surface area contributed by atoms with E-state index in [1.165, 1.54) is 16.7 Å². The van der Waals surface area contributed by atoms with Gasteiger partial charge in [-0.05, 0) is 11.6 Å². The molecule has 0 N–H and O–H groups in total. The van der Waals surface area contributed by atoms with E-state index in [2.05, 4.69) is 0 Å². The van der Waals surface area contributed by atoms with E-state index in [9.17, 15) is 14.9 Å². The number of hydrogen-bond acceptors (Lipinski definition) is 4. The van der Waals surface area contributed by atoms with Crippen LogP contribution in [0.5, 0.6) is 0 Å². The van der Waals surface area contributed by atoms with E-state index in [1.54, 1.807) is 33.0 Å². The first-order chi connectivity index (χ1) is 9.75. The van der Waals surface area contributed by atoms with Gasteiger partial charge in [-0.3, -0.25) is 19.5 Å². The van der Waals surface area contributed by atoms with Crippen molar-refractivity contribution in [2.75, 3.05) is 0 Å². The third-order valence-electron chi connectivity index (χ3n) is 3.21. The van der Waals surface area contributed by atoms with E-state index in [4.69, 9.17) is 5.26 Å². The fraction of sp³-hybridized carbons (Fsp3) is 0.333. The van der Waals surface area contributed by atoms with Crippen molar-refractivity contribution in [3.63, 3.8) is 0 Å². The Bertz CT molecular complexity index is 776. The van der Waals surface area contributed by atoms with Crippen LogP contribution in [0.2, 0.25) is 0 Å². The summed E-state index contributed by atoms with van der Waals surface area (Å²) in [5, 5.41) is 20.5. The molecule has 0 saturated heterocycles. The first kappa shape index (κ1) is 14.7. The quantitative estimate of drug-likeness (QED) is 0.625. The molecule has 0 aliphatic heterocycles. The minimum atomic E-state index is -0.625. The van der Waals surface area contributed by atoms with Crippen molar-refractivity contribution in [2.24, 2.45) is 5.41 Å². The second-order valence-corrected chi connectivity index (χ2v) is 5.87. The molecule has 2 rings (SSSR count). The maximum atomic E-state index is 12.5. The summed E-state index contributed by atoms with van der Waals surface area (Å²) >= 11 is 0. The van der Waals surface area contributed by atoms with Crippen LogP contribution in [-0.4, -0.2) is 15.4 Å². The monoisotopic (exact) mass is 285 g/mol. The van der Waals surface area contributed by atoms with Gasteiger partial charge >= 0.3 is 0 Å². The molecule has 0 amide bonds. The number of nitriles is 1. The Labute approximate surface area is 121 Å². The number of fused-ring (bicyclic) bond motifs is 1. The summed E-state index contributed by atoms with van der Waals surface area (Å²) in [6, 6.07) is 6.39. The maximum absolute atomic E-state index is 12.5. The highest BCUT2D eigenvalue weighted by molar-refractivity contribution is 5.97. The molecule has 6 nitrogen and oxygen atoms in total. The molecule has 0 spiro atoms. The predicted molar refractivity (Wildman–Crippen MR) is 78.0 cm³/mol. The number of nitrogens with zero attached hydrogens (tertiary/aromatic N) is 3.